The summed E-state index contributed by atoms with van der Waals surface area (Å²) in [7, 11) is 1.51. The van der Waals surface area contributed by atoms with Gasteiger partial charge in [0.05, 0.1) is 19.6 Å². The van der Waals surface area contributed by atoms with Crippen molar-refractivity contribution >= 4 is 0 Å². The van der Waals surface area contributed by atoms with E-state index in [0.717, 1.165) is 11.3 Å². The average Bonchev–Trinajstić information content (AvgIpc) is 2.90. The molecule has 0 spiro atoms. The molecule has 0 aliphatic carbocycles. The van der Waals surface area contributed by atoms with Crippen molar-refractivity contribution in [1.82, 2.24) is 9.97 Å². The molecule has 5 heteroatoms. The maximum Gasteiger partial charge on any atom is 0.238 e. The second-order valence-corrected chi connectivity index (χ2v) is 4.35. The lowest BCUT2D eigenvalue weighted by Gasteiger charge is -2.17. The van der Waals surface area contributed by atoms with Crippen molar-refractivity contribution in [2.75, 3.05) is 13.7 Å². The van der Waals surface area contributed by atoms with Crippen LogP contribution in [0.1, 0.15) is 23.3 Å². The van der Waals surface area contributed by atoms with Gasteiger partial charge in [0, 0.05) is 18.0 Å². The monoisotopic (exact) mass is 258 g/mol. The Morgan fingerprint density at radius 3 is 2.95 bits per heavy atom. The van der Waals surface area contributed by atoms with Crippen LogP contribution in [0.4, 0.5) is 0 Å². The smallest absolute Gasteiger partial charge is 0.238 e. The van der Waals surface area contributed by atoms with E-state index < -0.39 is 6.10 Å². The molecule has 0 bridgehead atoms. The van der Waals surface area contributed by atoms with Crippen molar-refractivity contribution in [3.8, 4) is 11.6 Å². The van der Waals surface area contributed by atoms with Gasteiger partial charge < -0.3 is 14.6 Å². The van der Waals surface area contributed by atoms with Crippen LogP contribution in [0.15, 0.2) is 36.7 Å². The van der Waals surface area contributed by atoms with Crippen LogP contribution in [0.3, 0.4) is 0 Å². The fraction of sp³-hybridized carbons (Fsp3) is 0.286. The summed E-state index contributed by atoms with van der Waals surface area (Å²) in [6.07, 6.45) is 2.28. The molecule has 1 aromatic heterocycles. The van der Waals surface area contributed by atoms with Crippen molar-refractivity contribution in [2.45, 2.75) is 12.0 Å². The molecular weight excluding hydrogens is 244 g/mol. The largest absolute Gasteiger partial charge is 0.493 e. The van der Waals surface area contributed by atoms with Gasteiger partial charge in [0.1, 0.15) is 17.5 Å². The first kappa shape index (κ1) is 11.9. The number of aromatic nitrogens is 2. The van der Waals surface area contributed by atoms with Gasteiger partial charge in [-0.25, -0.2) is 4.98 Å². The van der Waals surface area contributed by atoms with E-state index in [1.165, 1.54) is 13.3 Å². The molecule has 2 heterocycles. The summed E-state index contributed by atoms with van der Waals surface area (Å²) in [6.45, 7) is 0.431. The maximum atomic E-state index is 10.5. The van der Waals surface area contributed by atoms with Gasteiger partial charge in [-0.2, -0.15) is 0 Å². The normalized spacial score (nSPS) is 18.5. The maximum absolute atomic E-state index is 10.5. The molecule has 2 unspecified atom stereocenters. The Hall–Kier alpha value is -2.14. The number of rotatable bonds is 3. The van der Waals surface area contributed by atoms with E-state index in [2.05, 4.69) is 9.97 Å². The van der Waals surface area contributed by atoms with E-state index in [4.69, 9.17) is 9.47 Å². The molecule has 2 atom stereocenters. The zero-order chi connectivity index (χ0) is 13.2. The van der Waals surface area contributed by atoms with Crippen LogP contribution in [0, 0.1) is 0 Å². The Balaban J connectivity index is 1.95. The number of benzene rings is 1. The molecule has 0 saturated carbocycles. The highest BCUT2D eigenvalue weighted by atomic mass is 16.5. The molecule has 0 radical (unpaired) electrons. The Bertz CT molecular complexity index is 588. The number of hydrogen-bond donors (Lipinski definition) is 1. The zero-order valence-corrected chi connectivity index (χ0v) is 10.5. The number of ether oxygens (including phenoxy) is 2. The minimum absolute atomic E-state index is 0.151. The summed E-state index contributed by atoms with van der Waals surface area (Å²) >= 11 is 0. The molecule has 19 heavy (non-hydrogen) atoms. The van der Waals surface area contributed by atoms with Crippen LogP contribution < -0.4 is 9.47 Å². The van der Waals surface area contributed by atoms with Crippen molar-refractivity contribution in [3.05, 3.63) is 47.9 Å². The topological polar surface area (TPSA) is 64.5 Å². The Labute approximate surface area is 110 Å². The summed E-state index contributed by atoms with van der Waals surface area (Å²) in [5, 5.41) is 10.5. The highest BCUT2D eigenvalue weighted by Crippen LogP contribution is 2.41. The van der Waals surface area contributed by atoms with Gasteiger partial charge in [-0.05, 0) is 6.07 Å². The van der Waals surface area contributed by atoms with Crippen LogP contribution >= 0.6 is 0 Å². The first-order valence-electron chi connectivity index (χ1n) is 6.06. The Morgan fingerprint density at radius 1 is 1.32 bits per heavy atom. The minimum Gasteiger partial charge on any atom is -0.493 e. The molecule has 1 N–H and O–H groups in total. The zero-order valence-electron chi connectivity index (χ0n) is 10.5. The molecule has 0 saturated heterocycles. The minimum atomic E-state index is -0.799. The fourth-order valence-corrected chi connectivity index (χ4v) is 2.34. The highest BCUT2D eigenvalue weighted by molar-refractivity contribution is 5.41. The second kappa shape index (κ2) is 4.85. The van der Waals surface area contributed by atoms with Gasteiger partial charge in [-0.15, -0.1) is 0 Å². The van der Waals surface area contributed by atoms with E-state index in [1.807, 2.05) is 24.3 Å². The lowest BCUT2D eigenvalue weighted by molar-refractivity contribution is 0.122. The fourth-order valence-electron chi connectivity index (χ4n) is 2.34. The van der Waals surface area contributed by atoms with E-state index in [1.54, 1.807) is 6.20 Å². The van der Waals surface area contributed by atoms with Crippen LogP contribution in [0.2, 0.25) is 0 Å². The number of fused-ring (bicyclic) bond motifs is 1. The van der Waals surface area contributed by atoms with Gasteiger partial charge in [-0.3, -0.25) is 4.98 Å². The number of aliphatic hydroxyl groups excluding tert-OH is 1. The predicted molar refractivity (Wildman–Crippen MR) is 68.2 cm³/mol. The summed E-state index contributed by atoms with van der Waals surface area (Å²) < 4.78 is 10.7. The van der Waals surface area contributed by atoms with Crippen molar-refractivity contribution in [2.24, 2.45) is 0 Å². The van der Waals surface area contributed by atoms with E-state index in [0.29, 0.717) is 18.2 Å². The third-order valence-electron chi connectivity index (χ3n) is 3.28. The SMILES string of the molecule is COc1nccnc1C(O)C1COc2ccccc21. The quantitative estimate of drug-likeness (QED) is 0.907. The number of hydrogen-bond acceptors (Lipinski definition) is 5. The van der Waals surface area contributed by atoms with Gasteiger partial charge >= 0.3 is 0 Å². The van der Waals surface area contributed by atoms with Crippen molar-refractivity contribution in [3.63, 3.8) is 0 Å². The molecule has 0 amide bonds. The van der Waals surface area contributed by atoms with Gasteiger partial charge in [-0.1, -0.05) is 18.2 Å². The predicted octanol–water partition coefficient (Wildman–Crippen LogP) is 1.69. The van der Waals surface area contributed by atoms with E-state index >= 15 is 0 Å². The van der Waals surface area contributed by atoms with Gasteiger partial charge in [0.2, 0.25) is 5.88 Å². The van der Waals surface area contributed by atoms with Crippen LogP contribution in [0.25, 0.3) is 0 Å². The molecule has 5 nitrogen and oxygen atoms in total. The average molecular weight is 258 g/mol. The number of nitrogens with zero attached hydrogens (tertiary/aromatic N) is 2. The molecular formula is C14H14N2O3. The first-order valence-corrected chi connectivity index (χ1v) is 6.06. The van der Waals surface area contributed by atoms with Crippen LogP contribution in [0.5, 0.6) is 11.6 Å². The Kier molecular flexibility index (Phi) is 3.05. The number of para-hydroxylation sites is 1. The van der Waals surface area contributed by atoms with Crippen molar-refractivity contribution in [1.29, 1.82) is 0 Å². The standard InChI is InChI=1S/C14H14N2O3/c1-18-14-12(15-6-7-16-14)13(17)10-8-19-11-5-3-2-4-9(10)11/h2-7,10,13,17H,8H2,1H3. The molecule has 1 aliphatic rings. The van der Waals surface area contributed by atoms with E-state index in [9.17, 15) is 5.11 Å². The second-order valence-electron chi connectivity index (χ2n) is 4.35. The molecule has 1 aliphatic heterocycles. The molecule has 98 valence electrons. The lowest BCUT2D eigenvalue weighted by atomic mass is 9.93. The third kappa shape index (κ3) is 2.02. The molecule has 3 rings (SSSR count). The van der Waals surface area contributed by atoms with Gasteiger partial charge in [0.25, 0.3) is 0 Å². The molecule has 1 aromatic carbocycles. The lowest BCUT2D eigenvalue weighted by Crippen LogP contribution is -2.15. The summed E-state index contributed by atoms with van der Waals surface area (Å²) in [5.41, 5.74) is 1.43. The van der Waals surface area contributed by atoms with E-state index in [-0.39, 0.29) is 5.92 Å². The molecule has 0 fully saturated rings. The van der Waals surface area contributed by atoms with Crippen LogP contribution in [-0.4, -0.2) is 28.8 Å². The number of aliphatic hydroxyl groups is 1. The van der Waals surface area contributed by atoms with Gasteiger partial charge in [0.15, 0.2) is 0 Å². The summed E-state index contributed by atoms with van der Waals surface area (Å²) in [6, 6.07) is 7.70. The Morgan fingerprint density at radius 2 is 2.11 bits per heavy atom. The third-order valence-corrected chi connectivity index (χ3v) is 3.28. The summed E-state index contributed by atoms with van der Waals surface area (Å²) in [4.78, 5) is 8.23. The number of methoxy groups -OCH3 is 1. The first-order chi connectivity index (χ1) is 9.31. The summed E-state index contributed by atoms with van der Waals surface area (Å²) in [5.74, 6) is 1.01. The highest BCUT2D eigenvalue weighted by Gasteiger charge is 2.33. The van der Waals surface area contributed by atoms with Crippen molar-refractivity contribution < 1.29 is 14.6 Å². The van der Waals surface area contributed by atoms with Crippen LogP contribution in [-0.2, 0) is 0 Å². The molecule has 2 aromatic rings.